The minimum absolute atomic E-state index is 0.0569. The molecule has 1 heterocycles. The summed E-state index contributed by atoms with van der Waals surface area (Å²) in [5.74, 6) is 0.561. The van der Waals surface area contributed by atoms with Crippen molar-refractivity contribution in [3.8, 4) is 5.75 Å². The van der Waals surface area contributed by atoms with Gasteiger partial charge in [-0.05, 0) is 37.0 Å². The molecular formula is C26H31N3O4. The van der Waals surface area contributed by atoms with Crippen molar-refractivity contribution in [1.29, 1.82) is 0 Å². The second-order valence-electron chi connectivity index (χ2n) is 8.62. The number of nitrogens with one attached hydrogen (secondary N) is 1. The Kier molecular flexibility index (Phi) is 7.60. The second kappa shape index (κ2) is 11.0. The molecule has 1 atom stereocenters. The van der Waals surface area contributed by atoms with Crippen LogP contribution >= 0.6 is 0 Å². The Balaban J connectivity index is 1.46. The minimum atomic E-state index is -0.303. The number of amides is 3. The average Bonchev–Trinajstić information content (AvgIpc) is 3.69. The predicted molar refractivity (Wildman–Crippen MR) is 124 cm³/mol. The van der Waals surface area contributed by atoms with Gasteiger partial charge in [0, 0.05) is 32.1 Å². The van der Waals surface area contributed by atoms with Gasteiger partial charge in [0.1, 0.15) is 5.75 Å². The van der Waals surface area contributed by atoms with Gasteiger partial charge in [-0.15, -0.1) is 0 Å². The Morgan fingerprint density at radius 2 is 1.64 bits per heavy atom. The first-order valence-electron chi connectivity index (χ1n) is 11.7. The number of hydrogen-bond donors (Lipinski definition) is 1. The van der Waals surface area contributed by atoms with Gasteiger partial charge < -0.3 is 19.9 Å². The van der Waals surface area contributed by atoms with Crippen molar-refractivity contribution in [2.75, 3.05) is 32.8 Å². The fourth-order valence-corrected chi connectivity index (χ4v) is 4.19. The van der Waals surface area contributed by atoms with Crippen LogP contribution in [0, 0.1) is 5.92 Å². The standard InChI is InChI=1S/C26H31N3O4/c30-24-18-23(20-8-3-1-4-9-20)29(26(32)21-12-13-21)16-7-15-28(17-14-27-24)25(31)19-33-22-10-5-2-6-11-22/h1-6,8-11,21,23H,7,12-19H2,(H,27,30). The van der Waals surface area contributed by atoms with Gasteiger partial charge in [-0.25, -0.2) is 0 Å². The van der Waals surface area contributed by atoms with Crippen molar-refractivity contribution < 1.29 is 19.1 Å². The average molecular weight is 450 g/mol. The molecule has 1 saturated heterocycles. The Morgan fingerprint density at radius 3 is 2.33 bits per heavy atom. The summed E-state index contributed by atoms with van der Waals surface area (Å²) >= 11 is 0. The van der Waals surface area contributed by atoms with Crippen molar-refractivity contribution in [2.24, 2.45) is 5.92 Å². The zero-order valence-electron chi connectivity index (χ0n) is 18.8. The summed E-state index contributed by atoms with van der Waals surface area (Å²) < 4.78 is 5.63. The lowest BCUT2D eigenvalue weighted by molar-refractivity contribution is -0.136. The number of rotatable bonds is 5. The Labute approximate surface area is 194 Å². The Morgan fingerprint density at radius 1 is 0.939 bits per heavy atom. The van der Waals surface area contributed by atoms with E-state index in [1.807, 2.05) is 65.6 Å². The van der Waals surface area contributed by atoms with Crippen LogP contribution in [-0.4, -0.2) is 60.3 Å². The summed E-state index contributed by atoms with van der Waals surface area (Å²) in [7, 11) is 0. The van der Waals surface area contributed by atoms with E-state index in [0.717, 1.165) is 18.4 Å². The van der Waals surface area contributed by atoms with E-state index in [0.29, 0.717) is 38.3 Å². The summed E-state index contributed by atoms with van der Waals surface area (Å²) in [6.07, 6.45) is 2.68. The van der Waals surface area contributed by atoms with Crippen LogP contribution in [-0.2, 0) is 14.4 Å². The van der Waals surface area contributed by atoms with Crippen molar-refractivity contribution in [2.45, 2.75) is 31.7 Å². The third-order valence-electron chi connectivity index (χ3n) is 6.14. The smallest absolute Gasteiger partial charge is 0.260 e. The number of ether oxygens (including phenoxy) is 1. The normalized spacial score (nSPS) is 19.9. The van der Waals surface area contributed by atoms with Crippen molar-refractivity contribution in [1.82, 2.24) is 15.1 Å². The lowest BCUT2D eigenvalue weighted by atomic mass is 10.0. The number of benzene rings is 2. The summed E-state index contributed by atoms with van der Waals surface area (Å²) in [6, 6.07) is 18.7. The van der Waals surface area contributed by atoms with Crippen molar-refractivity contribution in [3.05, 3.63) is 66.2 Å². The molecule has 33 heavy (non-hydrogen) atoms. The van der Waals surface area contributed by atoms with Crippen LogP contribution in [0.25, 0.3) is 0 Å². The summed E-state index contributed by atoms with van der Waals surface area (Å²) in [6.45, 7) is 1.73. The number of para-hydroxylation sites is 1. The SMILES string of the molecule is O=C1CC(c2ccccc2)N(C(=O)C2CC2)CCCN(C(=O)COc2ccccc2)CCN1. The van der Waals surface area contributed by atoms with Gasteiger partial charge in [0.2, 0.25) is 11.8 Å². The van der Waals surface area contributed by atoms with Crippen LogP contribution in [0.5, 0.6) is 5.75 Å². The molecule has 174 valence electrons. The fourth-order valence-electron chi connectivity index (χ4n) is 4.19. The first-order chi connectivity index (χ1) is 16.1. The van der Waals surface area contributed by atoms with Gasteiger partial charge >= 0.3 is 0 Å². The monoisotopic (exact) mass is 449 g/mol. The molecule has 2 aromatic carbocycles. The first-order valence-corrected chi connectivity index (χ1v) is 11.7. The minimum Gasteiger partial charge on any atom is -0.484 e. The highest BCUT2D eigenvalue weighted by Gasteiger charge is 2.37. The molecule has 1 aliphatic heterocycles. The molecule has 1 N–H and O–H groups in total. The van der Waals surface area contributed by atoms with Crippen LogP contribution in [0.2, 0.25) is 0 Å². The molecule has 0 radical (unpaired) electrons. The first kappa shape index (κ1) is 22.8. The third-order valence-corrected chi connectivity index (χ3v) is 6.14. The number of hydrogen-bond acceptors (Lipinski definition) is 4. The second-order valence-corrected chi connectivity index (χ2v) is 8.62. The van der Waals surface area contributed by atoms with E-state index in [1.165, 1.54) is 0 Å². The Hall–Kier alpha value is -3.35. The van der Waals surface area contributed by atoms with Crippen LogP contribution in [0.4, 0.5) is 0 Å². The van der Waals surface area contributed by atoms with Crippen LogP contribution in [0.3, 0.4) is 0 Å². The van der Waals surface area contributed by atoms with Crippen molar-refractivity contribution in [3.63, 3.8) is 0 Å². The number of carbonyl (C=O) groups excluding carboxylic acids is 3. The van der Waals surface area contributed by atoms with Gasteiger partial charge in [0.15, 0.2) is 6.61 Å². The maximum Gasteiger partial charge on any atom is 0.260 e. The molecule has 2 aliphatic rings. The molecule has 4 rings (SSSR count). The van der Waals surface area contributed by atoms with E-state index in [9.17, 15) is 14.4 Å². The largest absolute Gasteiger partial charge is 0.484 e. The molecule has 2 aromatic rings. The lowest BCUT2D eigenvalue weighted by Gasteiger charge is -2.32. The van der Waals surface area contributed by atoms with Gasteiger partial charge in [0.25, 0.3) is 5.91 Å². The van der Waals surface area contributed by atoms with E-state index in [2.05, 4.69) is 5.32 Å². The topological polar surface area (TPSA) is 79.0 Å². The molecule has 3 amide bonds. The van der Waals surface area contributed by atoms with Crippen molar-refractivity contribution >= 4 is 17.7 Å². The van der Waals surface area contributed by atoms with Gasteiger partial charge in [-0.1, -0.05) is 48.5 Å². The van der Waals surface area contributed by atoms with Crippen LogP contribution in [0.15, 0.2) is 60.7 Å². The molecule has 0 bridgehead atoms. The van der Waals surface area contributed by atoms with E-state index in [4.69, 9.17) is 4.74 Å². The third kappa shape index (κ3) is 6.34. The van der Waals surface area contributed by atoms with Gasteiger partial charge in [0.05, 0.1) is 12.5 Å². The zero-order valence-corrected chi connectivity index (χ0v) is 18.8. The molecular weight excluding hydrogens is 418 g/mol. The quantitative estimate of drug-likeness (QED) is 0.761. The van der Waals surface area contributed by atoms with Gasteiger partial charge in [-0.2, -0.15) is 0 Å². The molecule has 0 spiro atoms. The zero-order chi connectivity index (χ0) is 23.0. The molecule has 1 unspecified atom stereocenters. The lowest BCUT2D eigenvalue weighted by Crippen LogP contribution is -2.41. The van der Waals surface area contributed by atoms with E-state index >= 15 is 0 Å². The Bertz CT molecular complexity index is 947. The van der Waals surface area contributed by atoms with E-state index in [1.54, 1.807) is 4.90 Å². The van der Waals surface area contributed by atoms with E-state index < -0.39 is 0 Å². The highest BCUT2D eigenvalue weighted by Crippen LogP contribution is 2.35. The fraction of sp³-hybridized carbons (Fsp3) is 0.423. The van der Waals surface area contributed by atoms with Gasteiger partial charge in [-0.3, -0.25) is 14.4 Å². The molecule has 7 heteroatoms. The van der Waals surface area contributed by atoms with Crippen LogP contribution < -0.4 is 10.1 Å². The maximum absolute atomic E-state index is 13.2. The molecule has 0 aromatic heterocycles. The predicted octanol–water partition coefficient (Wildman–Crippen LogP) is 2.78. The summed E-state index contributed by atoms with van der Waals surface area (Å²) in [5, 5.41) is 2.93. The summed E-state index contributed by atoms with van der Waals surface area (Å²) in [5.41, 5.74) is 0.963. The summed E-state index contributed by atoms with van der Waals surface area (Å²) in [4.78, 5) is 42.3. The molecule has 7 nitrogen and oxygen atoms in total. The van der Waals surface area contributed by atoms with Crippen LogP contribution in [0.1, 0.15) is 37.3 Å². The highest BCUT2D eigenvalue weighted by atomic mass is 16.5. The molecule has 1 saturated carbocycles. The highest BCUT2D eigenvalue weighted by molar-refractivity contribution is 5.83. The number of nitrogens with zero attached hydrogens (tertiary/aromatic N) is 2. The molecule has 2 fully saturated rings. The molecule has 1 aliphatic carbocycles. The van der Waals surface area contributed by atoms with E-state index in [-0.39, 0.29) is 42.7 Å². The number of carbonyl (C=O) groups is 3. The maximum atomic E-state index is 13.2.